The fraction of sp³-hybridized carbons (Fsp3) is 0.261. The van der Waals surface area contributed by atoms with Crippen LogP contribution >= 0.6 is 0 Å². The second-order valence-electron chi connectivity index (χ2n) is 6.91. The van der Waals surface area contributed by atoms with Gasteiger partial charge >= 0.3 is 6.09 Å². The highest BCUT2D eigenvalue weighted by Crippen LogP contribution is 2.34. The van der Waals surface area contributed by atoms with Gasteiger partial charge in [-0.1, -0.05) is 60.7 Å². The zero-order chi connectivity index (χ0) is 18.5. The third kappa shape index (κ3) is 4.22. The van der Waals surface area contributed by atoms with Gasteiger partial charge in [0.1, 0.15) is 18.0 Å². The maximum absolute atomic E-state index is 12.5. The van der Waals surface area contributed by atoms with Crippen LogP contribution in [0.4, 0.5) is 4.79 Å². The second kappa shape index (κ2) is 8.12. The van der Waals surface area contributed by atoms with Crippen molar-refractivity contribution in [1.82, 2.24) is 5.32 Å². The molecule has 0 fully saturated rings. The normalized spacial score (nSPS) is 17.6. The van der Waals surface area contributed by atoms with Gasteiger partial charge in [0, 0.05) is 5.39 Å². The molecule has 2 aromatic carbocycles. The number of amides is 1. The van der Waals surface area contributed by atoms with Crippen LogP contribution in [-0.4, -0.2) is 6.09 Å². The van der Waals surface area contributed by atoms with Gasteiger partial charge in [0.25, 0.3) is 0 Å². The number of ether oxygens (including phenoxy) is 1. The number of hydrogen-bond donors (Lipinski definition) is 1. The Bertz CT molecular complexity index is 896. The van der Waals surface area contributed by atoms with Crippen LogP contribution in [-0.2, 0) is 11.3 Å². The summed E-state index contributed by atoms with van der Waals surface area (Å²) in [6.07, 6.45) is 6.90. The molecule has 4 heteroatoms. The predicted octanol–water partition coefficient (Wildman–Crippen LogP) is 5.76. The highest BCUT2D eigenvalue weighted by Gasteiger charge is 2.28. The minimum absolute atomic E-state index is 0.203. The minimum Gasteiger partial charge on any atom is -0.459 e. The van der Waals surface area contributed by atoms with Crippen LogP contribution in [0.25, 0.3) is 11.0 Å². The van der Waals surface area contributed by atoms with Crippen molar-refractivity contribution in [2.24, 2.45) is 5.92 Å². The molecule has 0 aliphatic heterocycles. The molecule has 0 spiro atoms. The first-order valence-electron chi connectivity index (χ1n) is 9.40. The molecule has 1 aliphatic rings. The topological polar surface area (TPSA) is 51.5 Å². The summed E-state index contributed by atoms with van der Waals surface area (Å²) in [5.74, 6) is 1.08. The van der Waals surface area contributed by atoms with Gasteiger partial charge in [-0.05, 0) is 42.9 Å². The van der Waals surface area contributed by atoms with E-state index in [2.05, 4.69) is 17.5 Å². The molecule has 4 nitrogen and oxygen atoms in total. The Balaban J connectivity index is 1.50. The Morgan fingerprint density at radius 2 is 1.93 bits per heavy atom. The molecule has 1 heterocycles. The van der Waals surface area contributed by atoms with Crippen molar-refractivity contribution in [2.45, 2.75) is 31.9 Å². The molecule has 1 amide bonds. The van der Waals surface area contributed by atoms with E-state index in [0.29, 0.717) is 5.92 Å². The summed E-state index contributed by atoms with van der Waals surface area (Å²) in [7, 11) is 0. The molecule has 0 saturated heterocycles. The number of rotatable bonds is 5. The number of nitrogens with one attached hydrogen (secondary N) is 1. The highest BCUT2D eigenvalue weighted by atomic mass is 16.5. The van der Waals surface area contributed by atoms with E-state index in [0.717, 1.165) is 41.6 Å². The van der Waals surface area contributed by atoms with Crippen molar-refractivity contribution < 1.29 is 13.9 Å². The zero-order valence-electron chi connectivity index (χ0n) is 15.1. The van der Waals surface area contributed by atoms with Gasteiger partial charge in [0.05, 0.1) is 6.04 Å². The molecule has 3 aromatic rings. The van der Waals surface area contributed by atoms with Crippen LogP contribution in [0.5, 0.6) is 0 Å². The molecule has 1 aromatic heterocycles. The maximum Gasteiger partial charge on any atom is 0.408 e. The molecule has 138 valence electrons. The Labute approximate surface area is 158 Å². The molecule has 0 bridgehead atoms. The maximum atomic E-state index is 12.5. The Morgan fingerprint density at radius 3 is 2.70 bits per heavy atom. The number of para-hydroxylation sites is 1. The molecular formula is C23H23NO3. The third-order valence-corrected chi connectivity index (χ3v) is 5.02. The summed E-state index contributed by atoms with van der Waals surface area (Å²) in [4.78, 5) is 12.5. The van der Waals surface area contributed by atoms with Gasteiger partial charge in [0.15, 0.2) is 0 Å². The molecule has 4 rings (SSSR count). The van der Waals surface area contributed by atoms with Crippen LogP contribution in [0.1, 0.15) is 36.6 Å². The molecule has 1 aliphatic carbocycles. The number of alkyl carbamates (subject to hydrolysis) is 1. The lowest BCUT2D eigenvalue weighted by molar-refractivity contribution is 0.128. The minimum atomic E-state index is -0.418. The number of benzene rings is 2. The summed E-state index contributed by atoms with van der Waals surface area (Å²) < 4.78 is 11.5. The number of furan rings is 1. The van der Waals surface area contributed by atoms with Gasteiger partial charge in [-0.15, -0.1) is 0 Å². The highest BCUT2D eigenvalue weighted by molar-refractivity contribution is 5.78. The van der Waals surface area contributed by atoms with Gasteiger partial charge in [-0.25, -0.2) is 4.79 Å². The van der Waals surface area contributed by atoms with Crippen LogP contribution in [0.2, 0.25) is 0 Å². The van der Waals surface area contributed by atoms with E-state index in [1.165, 1.54) is 0 Å². The number of allylic oxidation sites excluding steroid dienone is 2. The van der Waals surface area contributed by atoms with Crippen molar-refractivity contribution in [3.63, 3.8) is 0 Å². The molecule has 27 heavy (non-hydrogen) atoms. The first kappa shape index (κ1) is 17.4. The average Bonchev–Trinajstić information content (AvgIpc) is 3.16. The van der Waals surface area contributed by atoms with Crippen molar-refractivity contribution in [2.75, 3.05) is 0 Å². The van der Waals surface area contributed by atoms with Crippen LogP contribution in [0, 0.1) is 5.92 Å². The number of hydrogen-bond acceptors (Lipinski definition) is 3. The number of carbonyl (C=O) groups is 1. The Morgan fingerprint density at radius 1 is 1.11 bits per heavy atom. The quantitative estimate of drug-likeness (QED) is 0.588. The lowest BCUT2D eigenvalue weighted by Crippen LogP contribution is -2.34. The molecule has 1 N–H and O–H groups in total. The second-order valence-corrected chi connectivity index (χ2v) is 6.91. The van der Waals surface area contributed by atoms with E-state index in [-0.39, 0.29) is 12.6 Å². The SMILES string of the molecule is O=C(NC(c1cc2ccccc2o1)C1CC=CCC1)OCc1ccccc1. The van der Waals surface area contributed by atoms with Gasteiger partial charge < -0.3 is 14.5 Å². The molecular weight excluding hydrogens is 338 g/mol. The summed E-state index contributed by atoms with van der Waals surface area (Å²) in [6, 6.07) is 19.4. The number of carbonyl (C=O) groups excluding carboxylic acids is 1. The van der Waals surface area contributed by atoms with Crippen molar-refractivity contribution in [1.29, 1.82) is 0 Å². The molecule has 2 unspecified atom stereocenters. The van der Waals surface area contributed by atoms with E-state index in [9.17, 15) is 4.79 Å². The van der Waals surface area contributed by atoms with Crippen LogP contribution in [0.3, 0.4) is 0 Å². The summed E-state index contributed by atoms with van der Waals surface area (Å²) in [5, 5.41) is 4.09. The Kier molecular flexibility index (Phi) is 5.24. The summed E-state index contributed by atoms with van der Waals surface area (Å²) in [6.45, 7) is 0.254. The van der Waals surface area contributed by atoms with Crippen LogP contribution < -0.4 is 5.32 Å². The van der Waals surface area contributed by atoms with E-state index < -0.39 is 6.09 Å². The van der Waals surface area contributed by atoms with E-state index >= 15 is 0 Å². The molecule has 2 atom stereocenters. The third-order valence-electron chi connectivity index (χ3n) is 5.02. The number of fused-ring (bicyclic) bond motifs is 1. The lowest BCUT2D eigenvalue weighted by Gasteiger charge is -2.27. The van der Waals surface area contributed by atoms with E-state index in [1.54, 1.807) is 0 Å². The fourth-order valence-corrected chi connectivity index (χ4v) is 3.59. The van der Waals surface area contributed by atoms with Gasteiger partial charge in [-0.3, -0.25) is 0 Å². The van der Waals surface area contributed by atoms with Crippen molar-refractivity contribution in [3.05, 3.63) is 84.1 Å². The fourth-order valence-electron chi connectivity index (χ4n) is 3.59. The Hall–Kier alpha value is -3.01. The molecule has 0 saturated carbocycles. The summed E-state index contributed by atoms with van der Waals surface area (Å²) in [5.41, 5.74) is 1.80. The largest absolute Gasteiger partial charge is 0.459 e. The average molecular weight is 361 g/mol. The van der Waals surface area contributed by atoms with E-state index in [4.69, 9.17) is 9.15 Å². The zero-order valence-corrected chi connectivity index (χ0v) is 15.1. The van der Waals surface area contributed by atoms with Crippen LogP contribution in [0.15, 0.2) is 77.2 Å². The first-order chi connectivity index (χ1) is 13.3. The van der Waals surface area contributed by atoms with E-state index in [1.807, 2.05) is 60.7 Å². The van der Waals surface area contributed by atoms with Gasteiger partial charge in [0.2, 0.25) is 0 Å². The lowest BCUT2D eigenvalue weighted by atomic mass is 9.86. The summed E-state index contributed by atoms with van der Waals surface area (Å²) >= 11 is 0. The van der Waals surface area contributed by atoms with Crippen molar-refractivity contribution >= 4 is 17.1 Å². The smallest absolute Gasteiger partial charge is 0.408 e. The van der Waals surface area contributed by atoms with Gasteiger partial charge in [-0.2, -0.15) is 0 Å². The first-order valence-corrected chi connectivity index (χ1v) is 9.40. The monoisotopic (exact) mass is 361 g/mol. The van der Waals surface area contributed by atoms with Crippen molar-refractivity contribution in [3.8, 4) is 0 Å². The standard InChI is InChI=1S/C23H23NO3/c25-23(26-16-17-9-3-1-4-10-17)24-22(18-11-5-2-6-12-18)21-15-19-13-7-8-14-20(19)27-21/h1-5,7-10,13-15,18,22H,6,11-12,16H2,(H,24,25). The predicted molar refractivity (Wildman–Crippen MR) is 105 cm³/mol. The molecule has 0 radical (unpaired) electrons.